The maximum atomic E-state index is 11.5. The van der Waals surface area contributed by atoms with Crippen LogP contribution in [0.3, 0.4) is 0 Å². The highest BCUT2D eigenvalue weighted by molar-refractivity contribution is 5.79. The first-order valence-electron chi connectivity index (χ1n) is 5.47. The van der Waals surface area contributed by atoms with E-state index < -0.39 is 0 Å². The molecule has 0 aliphatic carbocycles. The second-order valence-corrected chi connectivity index (χ2v) is 4.85. The normalized spacial score (nSPS) is 37.7. The van der Waals surface area contributed by atoms with E-state index in [4.69, 9.17) is 14.2 Å². The number of carbonyl (C=O) groups is 1. The van der Waals surface area contributed by atoms with Crippen LogP contribution in [0.2, 0.25) is 0 Å². The van der Waals surface area contributed by atoms with Crippen molar-refractivity contribution in [3.63, 3.8) is 0 Å². The van der Waals surface area contributed by atoms with Crippen LogP contribution in [-0.2, 0) is 19.0 Å². The van der Waals surface area contributed by atoms with Crippen LogP contribution in [0.5, 0.6) is 0 Å². The smallest absolute Gasteiger partial charge is 0.338 e. The van der Waals surface area contributed by atoms with E-state index >= 15 is 0 Å². The second-order valence-electron chi connectivity index (χ2n) is 4.85. The van der Waals surface area contributed by atoms with Gasteiger partial charge >= 0.3 is 5.97 Å². The Morgan fingerprint density at radius 3 is 2.87 bits per heavy atom. The van der Waals surface area contributed by atoms with E-state index in [-0.39, 0.29) is 23.3 Å². The molecule has 0 aromatic carbocycles. The minimum atomic E-state index is -0.361. The maximum Gasteiger partial charge on any atom is 0.338 e. The molecule has 0 saturated carbocycles. The Balaban J connectivity index is 1.97. The first kappa shape index (κ1) is 10.9. The van der Waals surface area contributed by atoms with Gasteiger partial charge in [-0.15, -0.1) is 0 Å². The van der Waals surface area contributed by atoms with Crippen LogP contribution >= 0.6 is 0 Å². The zero-order valence-corrected chi connectivity index (χ0v) is 9.54. The lowest BCUT2D eigenvalue weighted by Gasteiger charge is -2.34. The fraction of sp³-hybridized carbons (Fsp3) is 0.909. The van der Waals surface area contributed by atoms with E-state index in [1.54, 1.807) is 6.92 Å². The van der Waals surface area contributed by atoms with Gasteiger partial charge in [-0.2, -0.15) is 0 Å². The van der Waals surface area contributed by atoms with Crippen molar-refractivity contribution in [1.29, 1.82) is 0 Å². The standard InChI is InChI=1S/C11H18O4/c1-4-13-9(12)8-11(15-8)5-6-14-10(2,3)7-11/h8H,4-7H2,1-3H3/t8-,11-/m1/s1. The molecule has 0 amide bonds. The average Bonchev–Trinajstić information content (AvgIpc) is 2.77. The molecule has 1 spiro atoms. The average molecular weight is 214 g/mol. The number of hydrogen-bond donors (Lipinski definition) is 0. The molecule has 0 unspecified atom stereocenters. The fourth-order valence-electron chi connectivity index (χ4n) is 2.37. The van der Waals surface area contributed by atoms with E-state index in [0.717, 1.165) is 12.8 Å². The van der Waals surface area contributed by atoms with Crippen molar-refractivity contribution in [2.45, 2.75) is 50.9 Å². The van der Waals surface area contributed by atoms with Crippen molar-refractivity contribution in [3.8, 4) is 0 Å². The highest BCUT2D eigenvalue weighted by atomic mass is 16.7. The molecule has 2 rings (SSSR count). The quantitative estimate of drug-likeness (QED) is 0.513. The molecule has 2 atom stereocenters. The van der Waals surface area contributed by atoms with E-state index in [1.807, 2.05) is 13.8 Å². The summed E-state index contributed by atoms with van der Waals surface area (Å²) in [5, 5.41) is 0. The number of hydrogen-bond acceptors (Lipinski definition) is 4. The Labute approximate surface area is 89.9 Å². The second kappa shape index (κ2) is 3.46. The van der Waals surface area contributed by atoms with Crippen molar-refractivity contribution in [1.82, 2.24) is 0 Å². The van der Waals surface area contributed by atoms with Crippen LogP contribution in [0.25, 0.3) is 0 Å². The van der Waals surface area contributed by atoms with Gasteiger partial charge in [-0.25, -0.2) is 4.79 Å². The predicted molar refractivity (Wildman–Crippen MR) is 53.5 cm³/mol. The molecule has 0 aromatic heterocycles. The summed E-state index contributed by atoms with van der Waals surface area (Å²) in [6.45, 7) is 6.92. The third kappa shape index (κ3) is 2.01. The van der Waals surface area contributed by atoms with Gasteiger partial charge in [0.15, 0.2) is 6.10 Å². The van der Waals surface area contributed by atoms with Gasteiger partial charge in [-0.1, -0.05) is 0 Å². The molecule has 15 heavy (non-hydrogen) atoms. The van der Waals surface area contributed by atoms with Gasteiger partial charge in [0.2, 0.25) is 0 Å². The molecule has 2 aliphatic rings. The number of esters is 1. The monoisotopic (exact) mass is 214 g/mol. The van der Waals surface area contributed by atoms with Gasteiger partial charge in [-0.05, 0) is 20.8 Å². The van der Waals surface area contributed by atoms with Crippen molar-refractivity contribution in [2.75, 3.05) is 13.2 Å². The Kier molecular flexibility index (Phi) is 2.51. The summed E-state index contributed by atoms with van der Waals surface area (Å²) in [5.41, 5.74) is -0.493. The molecule has 2 aliphatic heterocycles. The Bertz CT molecular complexity index is 274. The molecule has 4 nitrogen and oxygen atoms in total. The number of carbonyl (C=O) groups excluding carboxylic acids is 1. The first-order chi connectivity index (χ1) is 6.99. The summed E-state index contributed by atoms with van der Waals surface area (Å²) in [6, 6.07) is 0. The molecule has 0 aromatic rings. The number of rotatable bonds is 2. The zero-order chi connectivity index (χ0) is 11.1. The van der Waals surface area contributed by atoms with Crippen LogP contribution < -0.4 is 0 Å². The molecule has 4 heteroatoms. The van der Waals surface area contributed by atoms with Crippen molar-refractivity contribution >= 4 is 5.97 Å². The highest BCUT2D eigenvalue weighted by Gasteiger charge is 2.64. The summed E-state index contributed by atoms with van der Waals surface area (Å²) in [5.74, 6) is -0.227. The molecule has 86 valence electrons. The van der Waals surface area contributed by atoms with Gasteiger partial charge in [0.1, 0.15) is 5.60 Å². The molecular formula is C11H18O4. The summed E-state index contributed by atoms with van der Waals surface area (Å²) in [6.07, 6.45) is 1.20. The van der Waals surface area contributed by atoms with Gasteiger partial charge in [-0.3, -0.25) is 0 Å². The zero-order valence-electron chi connectivity index (χ0n) is 9.54. The van der Waals surface area contributed by atoms with Gasteiger partial charge < -0.3 is 14.2 Å². The van der Waals surface area contributed by atoms with E-state index in [0.29, 0.717) is 13.2 Å². The SMILES string of the molecule is CCOC(=O)[C@H]1O[C@@]12CCOC(C)(C)C2. The van der Waals surface area contributed by atoms with Gasteiger partial charge in [0, 0.05) is 12.8 Å². The Hall–Kier alpha value is -0.610. The van der Waals surface area contributed by atoms with E-state index in [9.17, 15) is 4.79 Å². The van der Waals surface area contributed by atoms with Crippen LogP contribution in [0, 0.1) is 0 Å². The third-order valence-electron chi connectivity index (χ3n) is 3.02. The Morgan fingerprint density at radius 2 is 2.27 bits per heavy atom. The number of epoxide rings is 1. The van der Waals surface area contributed by atoms with Crippen molar-refractivity contribution < 1.29 is 19.0 Å². The van der Waals surface area contributed by atoms with Gasteiger partial charge in [0.25, 0.3) is 0 Å². The molecule has 2 fully saturated rings. The molecule has 2 saturated heterocycles. The predicted octanol–water partition coefficient (Wildman–Crippen LogP) is 1.28. The van der Waals surface area contributed by atoms with Crippen LogP contribution in [0.1, 0.15) is 33.6 Å². The summed E-state index contributed by atoms with van der Waals surface area (Å²) in [7, 11) is 0. The summed E-state index contributed by atoms with van der Waals surface area (Å²) in [4.78, 5) is 11.5. The third-order valence-corrected chi connectivity index (χ3v) is 3.02. The molecule has 0 bridgehead atoms. The maximum absolute atomic E-state index is 11.5. The van der Waals surface area contributed by atoms with Gasteiger partial charge in [0.05, 0.1) is 18.8 Å². The number of ether oxygens (including phenoxy) is 3. The van der Waals surface area contributed by atoms with Crippen LogP contribution in [0.15, 0.2) is 0 Å². The van der Waals surface area contributed by atoms with E-state index in [2.05, 4.69) is 0 Å². The first-order valence-corrected chi connectivity index (χ1v) is 5.47. The lowest BCUT2D eigenvalue weighted by Crippen LogP contribution is -2.41. The molecule has 0 radical (unpaired) electrons. The highest BCUT2D eigenvalue weighted by Crippen LogP contribution is 2.49. The van der Waals surface area contributed by atoms with Crippen molar-refractivity contribution in [3.05, 3.63) is 0 Å². The van der Waals surface area contributed by atoms with Crippen LogP contribution in [0.4, 0.5) is 0 Å². The van der Waals surface area contributed by atoms with Crippen LogP contribution in [-0.4, -0.2) is 36.5 Å². The summed E-state index contributed by atoms with van der Waals surface area (Å²) < 4.78 is 16.1. The minimum absolute atomic E-state index is 0.195. The minimum Gasteiger partial charge on any atom is -0.464 e. The Morgan fingerprint density at radius 1 is 1.53 bits per heavy atom. The molecule has 2 heterocycles. The summed E-state index contributed by atoms with van der Waals surface area (Å²) >= 11 is 0. The van der Waals surface area contributed by atoms with Crippen molar-refractivity contribution in [2.24, 2.45) is 0 Å². The lowest BCUT2D eigenvalue weighted by molar-refractivity contribution is -0.144. The topological polar surface area (TPSA) is 48.1 Å². The largest absolute Gasteiger partial charge is 0.464 e. The molecule has 0 N–H and O–H groups in total. The lowest BCUT2D eigenvalue weighted by atomic mass is 9.86. The van der Waals surface area contributed by atoms with E-state index in [1.165, 1.54) is 0 Å². The molecular weight excluding hydrogens is 196 g/mol. The fourth-order valence-corrected chi connectivity index (χ4v) is 2.37.